The molecular weight excluding hydrogens is 204 g/mol. The third-order valence-electron chi connectivity index (χ3n) is 3.25. The van der Waals surface area contributed by atoms with Crippen LogP contribution in [0.4, 0.5) is 11.8 Å². The number of aliphatic hydroxyl groups is 1. The number of aliphatic hydroxyl groups excluding tert-OH is 1. The van der Waals surface area contributed by atoms with E-state index in [1.165, 1.54) is 12.8 Å². The second-order valence-electron chi connectivity index (χ2n) is 4.32. The van der Waals surface area contributed by atoms with Crippen LogP contribution in [0.3, 0.4) is 0 Å². The summed E-state index contributed by atoms with van der Waals surface area (Å²) in [5.74, 6) is 2.00. The smallest absolute Gasteiger partial charge is 0.224 e. The summed E-state index contributed by atoms with van der Waals surface area (Å²) in [7, 11) is 0. The predicted octanol–water partition coefficient (Wildman–Crippen LogP) is 0.879. The van der Waals surface area contributed by atoms with Crippen LogP contribution in [0.1, 0.15) is 19.3 Å². The SMILES string of the molecule is Nc1ccnc(NCC2CCCC2CO)n1. The molecule has 0 bridgehead atoms. The predicted molar refractivity (Wildman–Crippen MR) is 62.9 cm³/mol. The highest BCUT2D eigenvalue weighted by molar-refractivity contribution is 5.34. The zero-order valence-corrected chi connectivity index (χ0v) is 9.26. The van der Waals surface area contributed by atoms with Gasteiger partial charge in [-0.25, -0.2) is 4.98 Å². The average Bonchev–Trinajstić information content (AvgIpc) is 2.74. The molecule has 1 aliphatic rings. The summed E-state index contributed by atoms with van der Waals surface area (Å²) >= 11 is 0. The second-order valence-corrected chi connectivity index (χ2v) is 4.32. The van der Waals surface area contributed by atoms with Crippen molar-refractivity contribution < 1.29 is 5.11 Å². The molecule has 0 spiro atoms. The standard InChI is InChI=1S/C11H18N4O/c12-10-4-5-13-11(15-10)14-6-8-2-1-3-9(8)7-16/h4-5,8-9,16H,1-3,6-7H2,(H3,12,13,14,15). The van der Waals surface area contributed by atoms with Crippen LogP contribution in [-0.4, -0.2) is 28.2 Å². The molecule has 1 fully saturated rings. The van der Waals surface area contributed by atoms with Crippen molar-refractivity contribution in [2.45, 2.75) is 19.3 Å². The molecule has 4 N–H and O–H groups in total. The van der Waals surface area contributed by atoms with Gasteiger partial charge in [-0.3, -0.25) is 0 Å². The Labute approximate surface area is 95.1 Å². The lowest BCUT2D eigenvalue weighted by molar-refractivity contribution is 0.199. The molecule has 1 aliphatic carbocycles. The average molecular weight is 222 g/mol. The molecule has 0 saturated heterocycles. The minimum absolute atomic E-state index is 0.282. The van der Waals surface area contributed by atoms with Crippen LogP contribution >= 0.6 is 0 Å². The zero-order valence-electron chi connectivity index (χ0n) is 9.26. The maximum atomic E-state index is 9.20. The van der Waals surface area contributed by atoms with E-state index in [0.717, 1.165) is 13.0 Å². The summed E-state index contributed by atoms with van der Waals surface area (Å²) < 4.78 is 0. The third-order valence-corrected chi connectivity index (χ3v) is 3.25. The lowest BCUT2D eigenvalue weighted by Crippen LogP contribution is -2.21. The van der Waals surface area contributed by atoms with E-state index in [0.29, 0.717) is 23.6 Å². The number of hydrogen-bond donors (Lipinski definition) is 3. The Hall–Kier alpha value is -1.36. The van der Waals surface area contributed by atoms with Crippen molar-refractivity contribution >= 4 is 11.8 Å². The number of aromatic nitrogens is 2. The topological polar surface area (TPSA) is 84.1 Å². The molecule has 0 aliphatic heterocycles. The normalized spacial score (nSPS) is 24.6. The minimum atomic E-state index is 0.282. The van der Waals surface area contributed by atoms with Gasteiger partial charge in [0.1, 0.15) is 5.82 Å². The highest BCUT2D eigenvalue weighted by Crippen LogP contribution is 2.31. The first kappa shape index (κ1) is 11.1. The summed E-state index contributed by atoms with van der Waals surface area (Å²) in [5, 5.41) is 12.4. The monoisotopic (exact) mass is 222 g/mol. The summed E-state index contributed by atoms with van der Waals surface area (Å²) in [4.78, 5) is 8.16. The van der Waals surface area contributed by atoms with E-state index < -0.39 is 0 Å². The summed E-state index contributed by atoms with van der Waals surface area (Å²) in [6.45, 7) is 1.10. The van der Waals surface area contributed by atoms with Gasteiger partial charge in [0.25, 0.3) is 0 Å². The van der Waals surface area contributed by atoms with Crippen molar-refractivity contribution in [3.8, 4) is 0 Å². The number of nitrogens with one attached hydrogen (secondary N) is 1. The molecular formula is C11H18N4O. The molecule has 1 saturated carbocycles. The Balaban J connectivity index is 1.87. The van der Waals surface area contributed by atoms with E-state index in [2.05, 4.69) is 15.3 Å². The molecule has 2 rings (SSSR count). The van der Waals surface area contributed by atoms with Crippen LogP contribution in [0.5, 0.6) is 0 Å². The van der Waals surface area contributed by atoms with Crippen molar-refractivity contribution in [2.75, 3.05) is 24.2 Å². The Bertz CT molecular complexity index is 345. The summed E-state index contributed by atoms with van der Waals surface area (Å²) in [6, 6.07) is 1.66. The summed E-state index contributed by atoms with van der Waals surface area (Å²) in [5.41, 5.74) is 5.56. The number of nitrogens with two attached hydrogens (primary N) is 1. The van der Waals surface area contributed by atoms with E-state index in [1.54, 1.807) is 12.3 Å². The molecule has 1 heterocycles. The number of nitrogens with zero attached hydrogens (tertiary/aromatic N) is 2. The van der Waals surface area contributed by atoms with Gasteiger partial charge < -0.3 is 16.2 Å². The van der Waals surface area contributed by atoms with Gasteiger partial charge in [0.15, 0.2) is 0 Å². The molecule has 0 radical (unpaired) electrons. The molecule has 0 aromatic carbocycles. The number of hydrogen-bond acceptors (Lipinski definition) is 5. The van der Waals surface area contributed by atoms with Gasteiger partial charge in [-0.2, -0.15) is 4.98 Å². The summed E-state index contributed by atoms with van der Waals surface area (Å²) in [6.07, 6.45) is 5.14. The largest absolute Gasteiger partial charge is 0.396 e. The van der Waals surface area contributed by atoms with E-state index >= 15 is 0 Å². The molecule has 88 valence electrons. The van der Waals surface area contributed by atoms with Crippen molar-refractivity contribution in [3.05, 3.63) is 12.3 Å². The van der Waals surface area contributed by atoms with Crippen LogP contribution < -0.4 is 11.1 Å². The van der Waals surface area contributed by atoms with Gasteiger partial charge in [0.2, 0.25) is 5.95 Å². The van der Waals surface area contributed by atoms with E-state index in [9.17, 15) is 5.11 Å². The quantitative estimate of drug-likeness (QED) is 0.704. The van der Waals surface area contributed by atoms with Crippen LogP contribution in [0.15, 0.2) is 12.3 Å². The minimum Gasteiger partial charge on any atom is -0.396 e. The molecule has 0 amide bonds. The first-order chi connectivity index (χ1) is 7.79. The molecule has 5 nitrogen and oxygen atoms in total. The van der Waals surface area contributed by atoms with Gasteiger partial charge in [-0.05, 0) is 30.7 Å². The van der Waals surface area contributed by atoms with Gasteiger partial charge in [-0.15, -0.1) is 0 Å². The number of nitrogen functional groups attached to an aromatic ring is 1. The Kier molecular flexibility index (Phi) is 3.56. The van der Waals surface area contributed by atoms with E-state index in [-0.39, 0.29) is 6.61 Å². The lowest BCUT2D eigenvalue weighted by Gasteiger charge is -2.17. The van der Waals surface area contributed by atoms with Crippen LogP contribution in [0, 0.1) is 11.8 Å². The molecule has 2 atom stereocenters. The Morgan fingerprint density at radius 3 is 3.00 bits per heavy atom. The fourth-order valence-electron chi connectivity index (χ4n) is 2.30. The third kappa shape index (κ3) is 2.61. The second kappa shape index (κ2) is 5.12. The van der Waals surface area contributed by atoms with Crippen molar-refractivity contribution in [1.29, 1.82) is 0 Å². The Morgan fingerprint density at radius 2 is 2.25 bits per heavy atom. The van der Waals surface area contributed by atoms with E-state index in [4.69, 9.17) is 5.73 Å². The fourth-order valence-corrected chi connectivity index (χ4v) is 2.30. The first-order valence-corrected chi connectivity index (χ1v) is 5.73. The lowest BCUT2D eigenvalue weighted by atomic mass is 9.97. The van der Waals surface area contributed by atoms with Crippen LogP contribution in [0.25, 0.3) is 0 Å². The van der Waals surface area contributed by atoms with Crippen LogP contribution in [0.2, 0.25) is 0 Å². The van der Waals surface area contributed by atoms with Crippen LogP contribution in [-0.2, 0) is 0 Å². The molecule has 1 aromatic heterocycles. The molecule has 5 heteroatoms. The maximum Gasteiger partial charge on any atom is 0.224 e. The highest BCUT2D eigenvalue weighted by Gasteiger charge is 2.26. The maximum absolute atomic E-state index is 9.20. The molecule has 1 aromatic rings. The molecule has 16 heavy (non-hydrogen) atoms. The first-order valence-electron chi connectivity index (χ1n) is 5.73. The van der Waals surface area contributed by atoms with Crippen molar-refractivity contribution in [2.24, 2.45) is 11.8 Å². The van der Waals surface area contributed by atoms with Gasteiger partial charge in [0.05, 0.1) is 0 Å². The number of anilines is 2. The zero-order chi connectivity index (χ0) is 11.4. The highest BCUT2D eigenvalue weighted by atomic mass is 16.3. The van der Waals surface area contributed by atoms with Gasteiger partial charge in [0, 0.05) is 19.3 Å². The van der Waals surface area contributed by atoms with E-state index in [1.807, 2.05) is 0 Å². The van der Waals surface area contributed by atoms with Crippen molar-refractivity contribution in [1.82, 2.24) is 9.97 Å². The fraction of sp³-hybridized carbons (Fsp3) is 0.636. The van der Waals surface area contributed by atoms with Gasteiger partial charge in [-0.1, -0.05) is 6.42 Å². The van der Waals surface area contributed by atoms with Gasteiger partial charge >= 0.3 is 0 Å². The molecule has 2 unspecified atom stereocenters. The van der Waals surface area contributed by atoms with Crippen molar-refractivity contribution in [3.63, 3.8) is 0 Å². The Morgan fingerprint density at radius 1 is 1.44 bits per heavy atom. The number of rotatable bonds is 4.